The van der Waals surface area contributed by atoms with Crippen molar-refractivity contribution in [1.29, 1.82) is 0 Å². The van der Waals surface area contributed by atoms with Crippen LogP contribution in [0.3, 0.4) is 0 Å². The molecule has 0 unspecified atom stereocenters. The molecule has 0 spiro atoms. The minimum Gasteiger partial charge on any atom is -0.295 e. The maximum atomic E-state index is 12.1. The van der Waals surface area contributed by atoms with Crippen molar-refractivity contribution in [3.63, 3.8) is 0 Å². The molecule has 2 aliphatic carbocycles. The monoisotopic (exact) mass is 240 g/mol. The van der Waals surface area contributed by atoms with Gasteiger partial charge in [0.05, 0.1) is 0 Å². The highest BCUT2D eigenvalue weighted by atomic mass is 16.1. The average molecular weight is 240 g/mol. The largest absolute Gasteiger partial charge is 0.295 e. The third kappa shape index (κ3) is 1.48. The summed E-state index contributed by atoms with van der Waals surface area (Å²) in [6, 6.07) is 3.98. The molecule has 0 N–H and O–H groups in total. The molecule has 18 heavy (non-hydrogen) atoms. The molecule has 3 rings (SSSR count). The van der Waals surface area contributed by atoms with E-state index in [1.54, 1.807) is 0 Å². The summed E-state index contributed by atoms with van der Waals surface area (Å²) >= 11 is 0. The normalized spacial score (nSPS) is 18.8. The van der Waals surface area contributed by atoms with Crippen molar-refractivity contribution in [3.05, 3.63) is 33.7 Å². The zero-order valence-corrected chi connectivity index (χ0v) is 10.8. The molecule has 0 atom stereocenters. The minimum atomic E-state index is 0.109. The summed E-state index contributed by atoms with van der Waals surface area (Å²) in [4.78, 5) is 24.2. The molecular formula is C16H16O2. The molecule has 0 radical (unpaired) electrons. The Morgan fingerprint density at radius 3 is 2.33 bits per heavy atom. The van der Waals surface area contributed by atoms with E-state index >= 15 is 0 Å². The number of carbonyl (C=O) groups excluding carboxylic acids is 2. The lowest BCUT2D eigenvalue weighted by Crippen LogP contribution is -2.34. The van der Waals surface area contributed by atoms with Gasteiger partial charge in [0.1, 0.15) is 0 Å². The second-order valence-electron chi connectivity index (χ2n) is 5.27. The van der Waals surface area contributed by atoms with Crippen LogP contribution in [0, 0.1) is 0 Å². The van der Waals surface area contributed by atoms with E-state index in [4.69, 9.17) is 0 Å². The van der Waals surface area contributed by atoms with Crippen molar-refractivity contribution in [3.8, 4) is 0 Å². The van der Waals surface area contributed by atoms with Gasteiger partial charge in [-0.3, -0.25) is 9.59 Å². The quantitative estimate of drug-likeness (QED) is 0.689. The van der Waals surface area contributed by atoms with Gasteiger partial charge in [-0.2, -0.15) is 0 Å². The number of fused-ring (bicyclic) bond motifs is 3. The highest BCUT2D eigenvalue weighted by Gasteiger charge is 2.22. The Bertz CT molecular complexity index is 693. The second-order valence-corrected chi connectivity index (χ2v) is 5.27. The first kappa shape index (κ1) is 11.4. The fourth-order valence-electron chi connectivity index (χ4n) is 3.10. The molecule has 0 fully saturated rings. The van der Waals surface area contributed by atoms with Crippen molar-refractivity contribution in [2.24, 2.45) is 0 Å². The molecule has 92 valence electrons. The fourth-order valence-corrected chi connectivity index (χ4v) is 3.10. The summed E-state index contributed by atoms with van der Waals surface area (Å²) in [5.74, 6) is 0.230. The lowest BCUT2D eigenvalue weighted by atomic mass is 9.99. The Labute approximate surface area is 106 Å². The maximum absolute atomic E-state index is 12.1. The van der Waals surface area contributed by atoms with E-state index in [-0.39, 0.29) is 11.6 Å². The molecular weight excluding hydrogens is 224 g/mol. The van der Waals surface area contributed by atoms with Crippen LogP contribution in [-0.2, 0) is 11.2 Å². The minimum absolute atomic E-state index is 0.109. The van der Waals surface area contributed by atoms with Crippen LogP contribution in [0.25, 0.3) is 11.1 Å². The molecule has 0 saturated heterocycles. The number of benzene rings is 1. The summed E-state index contributed by atoms with van der Waals surface area (Å²) in [6.45, 7) is 3.98. The molecule has 2 heteroatoms. The van der Waals surface area contributed by atoms with E-state index in [2.05, 4.69) is 13.0 Å². The fraction of sp³-hybridized carbons (Fsp3) is 0.375. The standard InChI is InChI=1S/C16H16O2/c1-9-3-4-11-5-6-12-14(18)8-7-13(17)10(2)16(12)15(9)11/h5-6H,3-4,7-8H2,1-2H3. The molecule has 0 saturated carbocycles. The first-order valence-electron chi connectivity index (χ1n) is 6.48. The zero-order valence-electron chi connectivity index (χ0n) is 10.8. The van der Waals surface area contributed by atoms with E-state index in [0.717, 1.165) is 29.2 Å². The molecule has 0 heterocycles. The number of ketones is 2. The second kappa shape index (κ2) is 3.91. The number of rotatable bonds is 0. The third-order valence-electron chi connectivity index (χ3n) is 4.16. The predicted octanol–water partition coefficient (Wildman–Crippen LogP) is 1.52. The Morgan fingerprint density at radius 2 is 1.56 bits per heavy atom. The van der Waals surface area contributed by atoms with Crippen LogP contribution in [0.5, 0.6) is 0 Å². The summed E-state index contributed by atoms with van der Waals surface area (Å²) in [5, 5.41) is 2.10. The average Bonchev–Trinajstić information content (AvgIpc) is 2.71. The molecule has 0 aliphatic heterocycles. The number of hydrogen-bond acceptors (Lipinski definition) is 2. The van der Waals surface area contributed by atoms with Crippen LogP contribution in [0.2, 0.25) is 0 Å². The van der Waals surface area contributed by atoms with E-state index in [1.165, 1.54) is 16.4 Å². The smallest absolute Gasteiger partial charge is 0.163 e. The zero-order chi connectivity index (χ0) is 12.9. The van der Waals surface area contributed by atoms with Crippen LogP contribution < -0.4 is 10.4 Å². The first-order valence-corrected chi connectivity index (χ1v) is 6.48. The van der Waals surface area contributed by atoms with Gasteiger partial charge in [-0.15, -0.1) is 0 Å². The van der Waals surface area contributed by atoms with Crippen LogP contribution in [0.1, 0.15) is 49.0 Å². The van der Waals surface area contributed by atoms with E-state index in [9.17, 15) is 9.59 Å². The first-order chi connectivity index (χ1) is 8.59. The highest BCUT2D eigenvalue weighted by molar-refractivity contribution is 6.18. The van der Waals surface area contributed by atoms with Crippen molar-refractivity contribution in [2.45, 2.75) is 39.5 Å². The lowest BCUT2D eigenvalue weighted by molar-refractivity contribution is -0.113. The maximum Gasteiger partial charge on any atom is 0.163 e. The summed E-state index contributed by atoms with van der Waals surface area (Å²) in [7, 11) is 0. The Morgan fingerprint density at radius 1 is 0.833 bits per heavy atom. The number of aryl methyl sites for hydroxylation is 1. The van der Waals surface area contributed by atoms with Gasteiger partial charge in [0.25, 0.3) is 0 Å². The van der Waals surface area contributed by atoms with Gasteiger partial charge in [-0.05, 0) is 42.7 Å². The predicted molar refractivity (Wildman–Crippen MR) is 70.7 cm³/mol. The molecule has 1 aromatic rings. The van der Waals surface area contributed by atoms with Gasteiger partial charge in [0, 0.05) is 24.0 Å². The molecule has 0 bridgehead atoms. The third-order valence-corrected chi connectivity index (χ3v) is 4.16. The van der Waals surface area contributed by atoms with Crippen LogP contribution in [0.4, 0.5) is 0 Å². The summed E-state index contributed by atoms with van der Waals surface area (Å²) in [5.41, 5.74) is 4.11. The van der Waals surface area contributed by atoms with Crippen molar-refractivity contribution >= 4 is 22.7 Å². The van der Waals surface area contributed by atoms with Crippen LogP contribution in [-0.4, -0.2) is 11.6 Å². The highest BCUT2D eigenvalue weighted by Crippen LogP contribution is 2.16. The molecule has 0 aromatic heterocycles. The Kier molecular flexibility index (Phi) is 2.47. The number of Topliss-reactive ketones (excluding diaryl/α,β-unsaturated/α-hetero) is 2. The number of carbonyl (C=O) groups is 2. The Balaban J connectivity index is 2.56. The van der Waals surface area contributed by atoms with Gasteiger partial charge in [-0.25, -0.2) is 0 Å². The van der Waals surface area contributed by atoms with Gasteiger partial charge >= 0.3 is 0 Å². The lowest BCUT2D eigenvalue weighted by Gasteiger charge is -2.03. The van der Waals surface area contributed by atoms with Crippen LogP contribution >= 0.6 is 0 Å². The van der Waals surface area contributed by atoms with Crippen molar-refractivity contribution in [2.75, 3.05) is 0 Å². The van der Waals surface area contributed by atoms with E-state index in [1.807, 2.05) is 13.0 Å². The van der Waals surface area contributed by atoms with E-state index < -0.39 is 0 Å². The summed E-state index contributed by atoms with van der Waals surface area (Å²) < 4.78 is 0. The topological polar surface area (TPSA) is 34.1 Å². The van der Waals surface area contributed by atoms with Crippen molar-refractivity contribution < 1.29 is 9.59 Å². The van der Waals surface area contributed by atoms with E-state index in [0.29, 0.717) is 12.8 Å². The SMILES string of the molecule is CC1=c2c(ccc3c2=C(C)C(=O)CCC3=O)CC1. The van der Waals surface area contributed by atoms with Gasteiger partial charge in [0.2, 0.25) is 0 Å². The molecule has 1 aromatic carbocycles. The van der Waals surface area contributed by atoms with Gasteiger partial charge in [0.15, 0.2) is 11.6 Å². The molecule has 2 nitrogen and oxygen atoms in total. The Hall–Kier alpha value is -1.70. The van der Waals surface area contributed by atoms with Gasteiger partial charge < -0.3 is 0 Å². The molecule has 2 aliphatic rings. The van der Waals surface area contributed by atoms with Crippen LogP contribution in [0.15, 0.2) is 12.1 Å². The summed E-state index contributed by atoms with van der Waals surface area (Å²) in [6.07, 6.45) is 2.78. The molecule has 0 amide bonds. The van der Waals surface area contributed by atoms with Crippen molar-refractivity contribution in [1.82, 2.24) is 0 Å². The number of hydrogen-bond donors (Lipinski definition) is 0. The van der Waals surface area contributed by atoms with Gasteiger partial charge in [-0.1, -0.05) is 17.7 Å².